The average Bonchev–Trinajstić information content (AvgIpc) is 3.15. The number of benzene rings is 3. The number of hydrogen-bond acceptors (Lipinski definition) is 7. The number of carboxylic acids is 1. The van der Waals surface area contributed by atoms with Crippen LogP contribution in [0.1, 0.15) is 49.2 Å². The van der Waals surface area contributed by atoms with Crippen LogP contribution >= 0.6 is 0 Å². The first-order valence-corrected chi connectivity index (χ1v) is 17.4. The van der Waals surface area contributed by atoms with Crippen LogP contribution in [0.5, 0.6) is 0 Å². The van der Waals surface area contributed by atoms with E-state index in [0.717, 1.165) is 23.8 Å². The Labute approximate surface area is 307 Å². The molecule has 1 fully saturated rings. The van der Waals surface area contributed by atoms with Crippen LogP contribution in [0, 0.1) is 11.6 Å². The van der Waals surface area contributed by atoms with Crippen molar-refractivity contribution in [2.45, 2.75) is 70.4 Å². The molecule has 14 heteroatoms. The highest BCUT2D eigenvalue weighted by Crippen LogP contribution is 2.32. The third kappa shape index (κ3) is 8.18. The van der Waals surface area contributed by atoms with Gasteiger partial charge in [0.05, 0.1) is 22.5 Å². The average molecular weight is 747 g/mol. The number of rotatable bonds is 11. The van der Waals surface area contributed by atoms with E-state index in [4.69, 9.17) is 0 Å². The van der Waals surface area contributed by atoms with Gasteiger partial charge in [0.15, 0.2) is 11.6 Å². The molecule has 0 spiro atoms. The van der Waals surface area contributed by atoms with Gasteiger partial charge in [-0.2, -0.15) is 18.2 Å². The summed E-state index contributed by atoms with van der Waals surface area (Å²) in [5, 5.41) is 12.1. The number of hydrogen-bond donors (Lipinski definition) is 0. The van der Waals surface area contributed by atoms with Gasteiger partial charge in [-0.25, -0.2) is 13.8 Å². The van der Waals surface area contributed by atoms with Gasteiger partial charge in [-0.1, -0.05) is 48.5 Å². The van der Waals surface area contributed by atoms with E-state index in [-0.39, 0.29) is 60.3 Å². The van der Waals surface area contributed by atoms with Crippen molar-refractivity contribution in [1.82, 2.24) is 24.3 Å². The molecule has 3 aromatic carbocycles. The molecule has 282 valence electrons. The highest BCUT2D eigenvalue weighted by molar-refractivity contribution is 5.80. The molecule has 0 N–H and O–H groups in total. The van der Waals surface area contributed by atoms with Gasteiger partial charge in [0.25, 0.3) is 5.56 Å². The number of aliphatic carboxylic acids is 1. The van der Waals surface area contributed by atoms with E-state index >= 15 is 0 Å². The van der Waals surface area contributed by atoms with Crippen molar-refractivity contribution >= 4 is 22.9 Å². The molecule has 1 aliphatic heterocycles. The molecule has 0 aliphatic carbocycles. The van der Waals surface area contributed by atoms with Crippen molar-refractivity contribution in [1.29, 1.82) is 0 Å². The van der Waals surface area contributed by atoms with Crippen LogP contribution in [0.4, 0.5) is 22.0 Å². The Hall–Kier alpha value is -5.50. The minimum absolute atomic E-state index is 0.00247. The topological polar surface area (TPSA) is 111 Å². The Morgan fingerprint density at radius 1 is 0.889 bits per heavy atom. The van der Waals surface area contributed by atoms with Gasteiger partial charge in [-0.05, 0) is 85.7 Å². The molecule has 0 saturated carbocycles. The number of aromatic nitrogens is 3. The molecule has 0 bridgehead atoms. The highest BCUT2D eigenvalue weighted by atomic mass is 19.4. The van der Waals surface area contributed by atoms with Gasteiger partial charge in [-0.3, -0.25) is 14.5 Å². The normalized spacial score (nSPS) is 14.4. The van der Waals surface area contributed by atoms with Crippen molar-refractivity contribution < 1.29 is 36.6 Å². The summed E-state index contributed by atoms with van der Waals surface area (Å²) in [5.74, 6) is -3.42. The minimum Gasteiger partial charge on any atom is -0.548 e. The first-order chi connectivity index (χ1) is 25.6. The van der Waals surface area contributed by atoms with Crippen LogP contribution in [0.3, 0.4) is 0 Å². The fraction of sp³-hybridized carbons (Fsp3) is 0.325. The first-order valence-electron chi connectivity index (χ1n) is 17.4. The van der Waals surface area contributed by atoms with E-state index < -0.39 is 40.4 Å². The molecule has 1 aliphatic rings. The van der Waals surface area contributed by atoms with Crippen LogP contribution in [0.2, 0.25) is 0 Å². The zero-order chi connectivity index (χ0) is 38.8. The van der Waals surface area contributed by atoms with Crippen LogP contribution in [-0.2, 0) is 41.7 Å². The zero-order valence-electron chi connectivity index (χ0n) is 29.6. The fourth-order valence-corrected chi connectivity index (χ4v) is 6.85. The lowest BCUT2D eigenvalue weighted by molar-refractivity contribution is -0.318. The van der Waals surface area contributed by atoms with Gasteiger partial charge >= 0.3 is 6.18 Å². The third-order valence-corrected chi connectivity index (χ3v) is 10.1. The van der Waals surface area contributed by atoms with Gasteiger partial charge in [0, 0.05) is 38.3 Å². The molecule has 0 unspecified atom stereocenters. The number of fused-ring (bicyclic) bond motifs is 1. The molecule has 6 rings (SSSR count). The van der Waals surface area contributed by atoms with Crippen molar-refractivity contribution in [3.8, 4) is 11.1 Å². The van der Waals surface area contributed by atoms with Gasteiger partial charge < -0.3 is 19.4 Å². The van der Waals surface area contributed by atoms with Crippen LogP contribution in [0.15, 0.2) is 89.9 Å². The Morgan fingerprint density at radius 2 is 1.54 bits per heavy atom. The number of alkyl halides is 3. The van der Waals surface area contributed by atoms with Gasteiger partial charge in [0.2, 0.25) is 5.91 Å². The van der Waals surface area contributed by atoms with E-state index in [9.17, 15) is 41.4 Å². The Morgan fingerprint density at radius 3 is 2.17 bits per heavy atom. The maximum Gasteiger partial charge on any atom is 0.416 e. The summed E-state index contributed by atoms with van der Waals surface area (Å²) in [6, 6.07) is 18.5. The second-order valence-electron chi connectivity index (χ2n) is 13.9. The summed E-state index contributed by atoms with van der Waals surface area (Å²) < 4.78 is 69.4. The number of aryl methyl sites for hydroxylation is 2. The lowest BCUT2D eigenvalue weighted by Gasteiger charge is -2.45. The predicted octanol–water partition coefficient (Wildman–Crippen LogP) is 5.56. The maximum atomic E-state index is 14.6. The molecule has 54 heavy (non-hydrogen) atoms. The van der Waals surface area contributed by atoms with Crippen LogP contribution in [-0.4, -0.2) is 60.9 Å². The molecule has 3 heterocycles. The fourth-order valence-electron chi connectivity index (χ4n) is 6.85. The lowest BCUT2D eigenvalue weighted by Crippen LogP contribution is -2.60. The molecule has 0 radical (unpaired) electrons. The number of carbonyl (C=O) groups excluding carboxylic acids is 2. The summed E-state index contributed by atoms with van der Waals surface area (Å²) in [4.78, 5) is 51.6. The Balaban J connectivity index is 1.31. The van der Waals surface area contributed by atoms with Crippen molar-refractivity contribution in [3.63, 3.8) is 0 Å². The van der Waals surface area contributed by atoms with Gasteiger partial charge in [-0.15, -0.1) is 0 Å². The SMILES string of the molecule is CC(C)(C(=O)[O-])N1CCC(N(Cc2ccc(-c3ccc(C(F)(F)F)cc3)cc2)C(=O)Cn2c(CCc3cccc(F)c3F)nc(=O)c3cccnc32)CC1. The first kappa shape index (κ1) is 38.2. The van der Waals surface area contributed by atoms with E-state index in [1.807, 2.05) is 0 Å². The molecular weight excluding hydrogens is 709 g/mol. The highest BCUT2D eigenvalue weighted by Gasteiger charge is 2.35. The molecular formula is C40H37F5N5O4-. The number of nitrogens with zero attached hydrogens (tertiary/aromatic N) is 5. The zero-order valence-corrected chi connectivity index (χ0v) is 29.6. The monoisotopic (exact) mass is 746 g/mol. The second-order valence-corrected chi connectivity index (χ2v) is 13.9. The number of likely N-dealkylation sites (tertiary alicyclic amines) is 1. The molecule has 5 aromatic rings. The Kier molecular flexibility index (Phi) is 10.9. The minimum atomic E-state index is -4.46. The largest absolute Gasteiger partial charge is 0.548 e. The van der Waals surface area contributed by atoms with Crippen LogP contribution in [0.25, 0.3) is 22.2 Å². The molecule has 9 nitrogen and oxygen atoms in total. The number of halogens is 5. The van der Waals surface area contributed by atoms with Gasteiger partial charge in [0.1, 0.15) is 18.0 Å². The number of pyridine rings is 1. The summed E-state index contributed by atoms with van der Waals surface area (Å²) in [6.07, 6.45) is -2.10. The van der Waals surface area contributed by atoms with E-state index in [0.29, 0.717) is 37.1 Å². The van der Waals surface area contributed by atoms with Crippen LogP contribution < -0.4 is 10.7 Å². The number of carbonyl (C=O) groups is 2. The van der Waals surface area contributed by atoms with E-state index in [1.165, 1.54) is 35.0 Å². The predicted molar refractivity (Wildman–Crippen MR) is 189 cm³/mol. The molecule has 1 amide bonds. The number of carboxylic acid groups (broad SMARTS) is 1. The number of piperidine rings is 1. The van der Waals surface area contributed by atoms with Crippen molar-refractivity contribution in [2.75, 3.05) is 13.1 Å². The smallest absolute Gasteiger partial charge is 0.416 e. The molecule has 2 aromatic heterocycles. The summed E-state index contributed by atoms with van der Waals surface area (Å²) in [7, 11) is 0. The summed E-state index contributed by atoms with van der Waals surface area (Å²) in [6.45, 7) is 3.73. The van der Waals surface area contributed by atoms with E-state index in [1.54, 1.807) is 60.0 Å². The van der Waals surface area contributed by atoms with Crippen molar-refractivity contribution in [3.05, 3.63) is 130 Å². The molecule has 0 atom stereocenters. The van der Waals surface area contributed by atoms with E-state index in [2.05, 4.69) is 9.97 Å². The lowest BCUT2D eigenvalue weighted by atomic mass is 9.95. The summed E-state index contributed by atoms with van der Waals surface area (Å²) in [5.41, 5.74) is -0.278. The number of amides is 1. The quantitative estimate of drug-likeness (QED) is 0.163. The second kappa shape index (κ2) is 15.5. The summed E-state index contributed by atoms with van der Waals surface area (Å²) >= 11 is 0. The Bertz CT molecular complexity index is 2210. The third-order valence-electron chi connectivity index (χ3n) is 10.1. The standard InChI is InChI=1S/C40H38F5N5O4/c1-39(2,38(53)54)48-21-18-30(19-22-48)49(23-25-8-10-26(11-9-25)27-12-15-29(16-13-27)40(43,44)45)34(51)24-50-33(17-14-28-5-3-7-32(41)35(28)42)47-37(52)31-6-4-20-46-36(31)50/h3-13,15-16,20,30H,14,17-19,21-24H2,1-2H3,(H,53,54)/p-1. The van der Waals surface area contributed by atoms with Crippen molar-refractivity contribution in [2.24, 2.45) is 0 Å². The molecule has 1 saturated heterocycles. The maximum absolute atomic E-state index is 14.6.